The molecule has 3 rings (SSSR count). The van der Waals surface area contributed by atoms with Crippen LogP contribution in [-0.2, 0) is 14.4 Å². The summed E-state index contributed by atoms with van der Waals surface area (Å²) in [4.78, 5) is 48.0. The van der Waals surface area contributed by atoms with Gasteiger partial charge in [0.15, 0.2) is 6.04 Å². The van der Waals surface area contributed by atoms with Crippen LogP contribution in [0, 0.1) is 6.92 Å². The first-order valence-corrected chi connectivity index (χ1v) is 9.28. The number of carboxylic acids is 1. The maximum atomic E-state index is 12.5. The molecule has 2 N–H and O–H groups in total. The molecule has 0 fully saturated rings. The number of carbonyl (C=O) groups excluding carboxylic acids is 3. The molecule has 1 aliphatic heterocycles. The number of para-hydroxylation sites is 1. The first-order valence-electron chi connectivity index (χ1n) is 9.28. The predicted molar refractivity (Wildman–Crippen MR) is 111 cm³/mol. The maximum absolute atomic E-state index is 12.5. The molecule has 0 aromatic heterocycles. The topological polar surface area (TPSA) is 141 Å². The number of hydrogen-bond acceptors (Lipinski definition) is 7. The number of nitrogens with zero attached hydrogens (tertiary/aromatic N) is 4. The Bertz CT molecular complexity index is 1110. The van der Waals surface area contributed by atoms with Gasteiger partial charge in [-0.15, -0.1) is 0 Å². The van der Waals surface area contributed by atoms with Crippen LogP contribution < -0.4 is 5.32 Å². The fourth-order valence-corrected chi connectivity index (χ4v) is 2.78. The Balaban J connectivity index is 1.63. The van der Waals surface area contributed by atoms with Crippen molar-refractivity contribution in [3.05, 3.63) is 59.7 Å². The molecule has 1 heterocycles. The molecule has 158 valence electrons. The maximum Gasteiger partial charge on any atom is 0.335 e. The summed E-state index contributed by atoms with van der Waals surface area (Å²) in [5, 5.41) is 23.9. The molecule has 0 radical (unpaired) electrons. The first kappa shape index (κ1) is 21.5. The van der Waals surface area contributed by atoms with E-state index in [0.29, 0.717) is 16.4 Å². The van der Waals surface area contributed by atoms with Crippen molar-refractivity contribution in [1.29, 1.82) is 0 Å². The molecular weight excluding hydrogens is 402 g/mol. The Hall–Kier alpha value is -4.21. The minimum absolute atomic E-state index is 0.0920. The smallest absolute Gasteiger partial charge is 0.335 e. The van der Waals surface area contributed by atoms with Crippen LogP contribution in [0.5, 0.6) is 0 Å². The Morgan fingerprint density at radius 3 is 2.42 bits per heavy atom. The highest BCUT2D eigenvalue weighted by Crippen LogP contribution is 2.19. The highest BCUT2D eigenvalue weighted by atomic mass is 16.4. The molecule has 0 aliphatic carbocycles. The van der Waals surface area contributed by atoms with Crippen LogP contribution in [-0.4, -0.2) is 45.6 Å². The molecule has 0 unspecified atom stereocenters. The van der Waals surface area contributed by atoms with Crippen LogP contribution >= 0.6 is 0 Å². The highest BCUT2D eigenvalue weighted by molar-refractivity contribution is 6.18. The van der Waals surface area contributed by atoms with Crippen molar-refractivity contribution in [3.8, 4) is 0 Å². The summed E-state index contributed by atoms with van der Waals surface area (Å²) < 4.78 is 0. The lowest BCUT2D eigenvalue weighted by atomic mass is 10.2. The van der Waals surface area contributed by atoms with Gasteiger partial charge in [0.25, 0.3) is 11.8 Å². The standard InChI is InChI=1S/C21H19N5O5/c1-12-5-3-4-6-16(12)22-17(27)11-18(28)26-20(29)19(13(2)25-26)24-23-15-9-7-14(8-10-15)21(30)31/h3-10,19H,11H2,1-2H3,(H,22,27)(H,30,31)/t19-/m1/s1. The van der Waals surface area contributed by atoms with E-state index in [-0.39, 0.29) is 11.3 Å². The van der Waals surface area contributed by atoms with Gasteiger partial charge in [0.2, 0.25) is 5.91 Å². The van der Waals surface area contributed by atoms with Crippen molar-refractivity contribution in [2.75, 3.05) is 5.32 Å². The van der Waals surface area contributed by atoms with Gasteiger partial charge in [0.1, 0.15) is 6.42 Å². The van der Waals surface area contributed by atoms with Crippen LogP contribution in [0.25, 0.3) is 0 Å². The van der Waals surface area contributed by atoms with Gasteiger partial charge in [-0.25, -0.2) is 4.79 Å². The van der Waals surface area contributed by atoms with E-state index in [0.717, 1.165) is 5.56 Å². The van der Waals surface area contributed by atoms with Crippen LogP contribution in [0.3, 0.4) is 0 Å². The lowest BCUT2D eigenvalue weighted by Crippen LogP contribution is -2.36. The zero-order valence-corrected chi connectivity index (χ0v) is 16.8. The normalized spacial score (nSPS) is 15.8. The largest absolute Gasteiger partial charge is 0.478 e. The molecule has 0 saturated heterocycles. The number of hydrogen-bond donors (Lipinski definition) is 2. The number of amides is 3. The molecule has 2 aromatic rings. The second kappa shape index (κ2) is 9.08. The number of imide groups is 1. The van der Waals surface area contributed by atoms with E-state index in [1.54, 1.807) is 12.1 Å². The molecule has 0 spiro atoms. The summed E-state index contributed by atoms with van der Waals surface area (Å²) in [6.07, 6.45) is -0.558. The lowest BCUT2D eigenvalue weighted by Gasteiger charge is -2.11. The van der Waals surface area contributed by atoms with Crippen molar-refractivity contribution in [1.82, 2.24) is 5.01 Å². The van der Waals surface area contributed by atoms with E-state index in [1.807, 2.05) is 19.1 Å². The Labute approximate surface area is 177 Å². The number of azo groups is 1. The zero-order valence-electron chi connectivity index (χ0n) is 16.8. The SMILES string of the molecule is CC1=NN(C(=O)CC(=O)Nc2ccccc2C)C(=O)[C@@H]1N=Nc1ccc(C(=O)O)cc1. The van der Waals surface area contributed by atoms with E-state index in [4.69, 9.17) is 5.11 Å². The summed E-state index contributed by atoms with van der Waals surface area (Å²) in [6, 6.07) is 11.6. The van der Waals surface area contributed by atoms with E-state index < -0.39 is 36.2 Å². The summed E-state index contributed by atoms with van der Waals surface area (Å²) >= 11 is 0. The number of benzene rings is 2. The minimum atomic E-state index is -1.09. The third-order valence-electron chi connectivity index (χ3n) is 4.47. The molecule has 1 aliphatic rings. The number of hydrazone groups is 1. The number of aryl methyl sites for hydroxylation is 1. The fraction of sp³-hybridized carbons (Fsp3) is 0.190. The molecule has 2 aromatic carbocycles. The molecule has 3 amide bonds. The average molecular weight is 421 g/mol. The second-order valence-electron chi connectivity index (χ2n) is 6.80. The molecule has 10 nitrogen and oxygen atoms in total. The average Bonchev–Trinajstić information content (AvgIpc) is 3.02. The number of nitrogens with one attached hydrogen (secondary N) is 1. The molecule has 0 saturated carbocycles. The van der Waals surface area contributed by atoms with E-state index >= 15 is 0 Å². The summed E-state index contributed by atoms with van der Waals surface area (Å²) in [5.74, 6) is -3.13. The molecule has 31 heavy (non-hydrogen) atoms. The van der Waals surface area contributed by atoms with Crippen molar-refractivity contribution in [2.24, 2.45) is 15.3 Å². The van der Waals surface area contributed by atoms with Gasteiger partial charge in [-0.2, -0.15) is 20.3 Å². The van der Waals surface area contributed by atoms with Gasteiger partial charge in [-0.3, -0.25) is 14.4 Å². The summed E-state index contributed by atoms with van der Waals surface area (Å²) in [5.41, 5.74) is 2.10. The Morgan fingerprint density at radius 1 is 1.10 bits per heavy atom. The van der Waals surface area contributed by atoms with Crippen LogP contribution in [0.4, 0.5) is 11.4 Å². The van der Waals surface area contributed by atoms with Gasteiger partial charge < -0.3 is 10.4 Å². The summed E-state index contributed by atoms with van der Waals surface area (Å²) in [6.45, 7) is 3.34. The van der Waals surface area contributed by atoms with Crippen molar-refractivity contribution in [3.63, 3.8) is 0 Å². The lowest BCUT2D eigenvalue weighted by molar-refractivity contribution is -0.144. The second-order valence-corrected chi connectivity index (χ2v) is 6.80. The molecule has 10 heteroatoms. The van der Waals surface area contributed by atoms with Crippen LogP contribution in [0.15, 0.2) is 63.9 Å². The zero-order chi connectivity index (χ0) is 22.5. The Morgan fingerprint density at radius 2 is 1.77 bits per heavy atom. The number of carboxylic acid groups (broad SMARTS) is 1. The number of aromatic carboxylic acids is 1. The minimum Gasteiger partial charge on any atom is -0.478 e. The van der Waals surface area contributed by atoms with Crippen molar-refractivity contribution < 1.29 is 24.3 Å². The first-order chi connectivity index (χ1) is 14.8. The third-order valence-corrected chi connectivity index (χ3v) is 4.47. The third kappa shape index (κ3) is 5.04. The highest BCUT2D eigenvalue weighted by Gasteiger charge is 2.38. The van der Waals surface area contributed by atoms with Gasteiger partial charge in [0, 0.05) is 5.69 Å². The molecule has 0 bridgehead atoms. The predicted octanol–water partition coefficient (Wildman–Crippen LogP) is 2.92. The number of rotatable bonds is 6. The van der Waals surface area contributed by atoms with Gasteiger partial charge in [-0.05, 0) is 49.7 Å². The monoisotopic (exact) mass is 421 g/mol. The van der Waals surface area contributed by atoms with Crippen molar-refractivity contribution in [2.45, 2.75) is 26.3 Å². The number of carbonyl (C=O) groups is 4. The van der Waals surface area contributed by atoms with E-state index in [2.05, 4.69) is 20.6 Å². The molecular formula is C21H19N5O5. The molecule has 1 atom stereocenters. The fourth-order valence-electron chi connectivity index (χ4n) is 2.78. The van der Waals surface area contributed by atoms with Crippen molar-refractivity contribution >= 4 is 40.8 Å². The van der Waals surface area contributed by atoms with Gasteiger partial charge in [-0.1, -0.05) is 18.2 Å². The van der Waals surface area contributed by atoms with Crippen LogP contribution in [0.2, 0.25) is 0 Å². The summed E-state index contributed by atoms with van der Waals surface area (Å²) in [7, 11) is 0. The number of anilines is 1. The van der Waals surface area contributed by atoms with E-state index in [9.17, 15) is 19.2 Å². The van der Waals surface area contributed by atoms with Crippen LogP contribution in [0.1, 0.15) is 29.3 Å². The van der Waals surface area contributed by atoms with Gasteiger partial charge >= 0.3 is 5.97 Å². The Kier molecular flexibility index (Phi) is 6.29. The quantitative estimate of drug-likeness (QED) is 0.545. The van der Waals surface area contributed by atoms with Gasteiger partial charge in [0.05, 0.1) is 17.0 Å². The van der Waals surface area contributed by atoms with E-state index in [1.165, 1.54) is 31.2 Å².